The van der Waals surface area contributed by atoms with Gasteiger partial charge in [-0.2, -0.15) is 5.10 Å². The second-order valence-electron chi connectivity index (χ2n) is 8.03. The molecule has 0 spiro atoms. The van der Waals surface area contributed by atoms with Crippen LogP contribution in [0.1, 0.15) is 21.5 Å². The van der Waals surface area contributed by atoms with Gasteiger partial charge in [0.15, 0.2) is 0 Å². The highest BCUT2D eigenvalue weighted by atomic mass is 16.5. The van der Waals surface area contributed by atoms with Crippen molar-refractivity contribution in [1.82, 2.24) is 5.43 Å². The zero-order chi connectivity index (χ0) is 24.0. The van der Waals surface area contributed by atoms with Gasteiger partial charge >= 0.3 is 0 Å². The van der Waals surface area contributed by atoms with Gasteiger partial charge in [0.2, 0.25) is 0 Å². The summed E-state index contributed by atoms with van der Waals surface area (Å²) < 4.78 is 11.6. The first kappa shape index (κ1) is 22.2. The van der Waals surface area contributed by atoms with Crippen LogP contribution in [-0.4, -0.2) is 19.2 Å². The van der Waals surface area contributed by atoms with Gasteiger partial charge < -0.3 is 9.47 Å². The van der Waals surface area contributed by atoms with Crippen LogP contribution < -0.4 is 14.9 Å². The first-order chi connectivity index (χ1) is 17.2. The predicted molar refractivity (Wildman–Crippen MR) is 140 cm³/mol. The number of ether oxygens (including phenoxy) is 2. The minimum Gasteiger partial charge on any atom is -0.496 e. The number of methoxy groups -OCH3 is 1. The summed E-state index contributed by atoms with van der Waals surface area (Å²) >= 11 is 0. The summed E-state index contributed by atoms with van der Waals surface area (Å²) in [6.45, 7) is 0.422. The molecule has 0 aliphatic rings. The van der Waals surface area contributed by atoms with Crippen molar-refractivity contribution in [2.24, 2.45) is 5.10 Å². The molecular formula is C30H24N2O3. The summed E-state index contributed by atoms with van der Waals surface area (Å²) in [6.07, 6.45) is 1.59. The lowest BCUT2D eigenvalue weighted by atomic mass is 10.0. The molecule has 0 aromatic heterocycles. The van der Waals surface area contributed by atoms with E-state index in [1.165, 1.54) is 5.39 Å². The molecule has 0 atom stereocenters. The van der Waals surface area contributed by atoms with Crippen LogP contribution in [0.3, 0.4) is 0 Å². The van der Waals surface area contributed by atoms with E-state index < -0.39 is 0 Å². The van der Waals surface area contributed by atoms with Gasteiger partial charge in [-0.25, -0.2) is 5.43 Å². The Morgan fingerprint density at radius 2 is 1.46 bits per heavy atom. The Hall–Kier alpha value is -4.64. The SMILES string of the molecule is COc1ccc2ccccc2c1C(=O)N/N=C/c1ccccc1OCc1cccc2ccccc12. The van der Waals surface area contributed by atoms with Crippen LogP contribution in [0.5, 0.6) is 11.5 Å². The van der Waals surface area contributed by atoms with E-state index in [-0.39, 0.29) is 5.91 Å². The fourth-order valence-electron chi connectivity index (χ4n) is 4.16. The van der Waals surface area contributed by atoms with Crippen molar-refractivity contribution >= 4 is 33.7 Å². The lowest BCUT2D eigenvalue weighted by Gasteiger charge is -2.12. The summed E-state index contributed by atoms with van der Waals surface area (Å²) in [5.41, 5.74) is 4.95. The Morgan fingerprint density at radius 3 is 2.29 bits per heavy atom. The molecule has 35 heavy (non-hydrogen) atoms. The van der Waals surface area contributed by atoms with Gasteiger partial charge in [0.05, 0.1) is 18.9 Å². The van der Waals surface area contributed by atoms with Crippen LogP contribution in [0.15, 0.2) is 108 Å². The summed E-state index contributed by atoms with van der Waals surface area (Å²) in [6, 6.07) is 33.4. The highest BCUT2D eigenvalue weighted by Crippen LogP contribution is 2.28. The van der Waals surface area contributed by atoms with Crippen molar-refractivity contribution in [3.63, 3.8) is 0 Å². The number of para-hydroxylation sites is 1. The molecule has 5 nitrogen and oxygen atoms in total. The van der Waals surface area contributed by atoms with E-state index in [9.17, 15) is 4.79 Å². The van der Waals surface area contributed by atoms with E-state index in [1.54, 1.807) is 19.4 Å². The Bertz CT molecular complexity index is 1540. The standard InChI is InChI=1S/C30H24N2O3/c1-34-28-18-17-22-10-3-6-15-26(22)29(28)30(33)32-31-19-23-11-4-7-16-27(23)35-20-24-13-8-12-21-9-2-5-14-25(21)24/h2-19H,20H2,1H3,(H,32,33)/b31-19+. The molecule has 0 unspecified atom stereocenters. The second kappa shape index (κ2) is 10.1. The summed E-state index contributed by atoms with van der Waals surface area (Å²) in [4.78, 5) is 13.0. The summed E-state index contributed by atoms with van der Waals surface area (Å²) in [7, 11) is 1.55. The van der Waals surface area contributed by atoms with Crippen LogP contribution in [0.25, 0.3) is 21.5 Å². The molecule has 5 aromatic carbocycles. The number of nitrogens with one attached hydrogen (secondary N) is 1. The van der Waals surface area contributed by atoms with Gasteiger partial charge in [-0.1, -0.05) is 84.9 Å². The molecular weight excluding hydrogens is 436 g/mol. The van der Waals surface area contributed by atoms with Gasteiger partial charge in [0, 0.05) is 5.56 Å². The van der Waals surface area contributed by atoms with E-state index in [0.29, 0.717) is 23.7 Å². The highest BCUT2D eigenvalue weighted by molar-refractivity contribution is 6.09. The molecule has 5 heteroatoms. The Labute approximate surface area is 203 Å². The van der Waals surface area contributed by atoms with Gasteiger partial charge in [0.1, 0.15) is 18.1 Å². The number of amides is 1. The lowest BCUT2D eigenvalue weighted by molar-refractivity contribution is 0.0954. The fraction of sp³-hybridized carbons (Fsp3) is 0.0667. The molecule has 172 valence electrons. The molecule has 0 bridgehead atoms. The lowest BCUT2D eigenvalue weighted by Crippen LogP contribution is -2.19. The predicted octanol–water partition coefficient (Wildman–Crippen LogP) is 6.34. The maximum absolute atomic E-state index is 13.0. The van der Waals surface area contributed by atoms with Crippen molar-refractivity contribution in [3.05, 3.63) is 120 Å². The number of rotatable bonds is 7. The van der Waals surface area contributed by atoms with Gasteiger partial charge in [-0.15, -0.1) is 0 Å². The average molecular weight is 461 g/mol. The summed E-state index contributed by atoms with van der Waals surface area (Å²) in [5.74, 6) is 0.834. The largest absolute Gasteiger partial charge is 0.496 e. The maximum Gasteiger partial charge on any atom is 0.275 e. The molecule has 0 aliphatic carbocycles. The molecule has 0 aliphatic heterocycles. The normalized spacial score (nSPS) is 11.1. The zero-order valence-electron chi connectivity index (χ0n) is 19.3. The van der Waals surface area contributed by atoms with E-state index in [1.807, 2.05) is 72.8 Å². The first-order valence-corrected chi connectivity index (χ1v) is 11.3. The number of carbonyl (C=O) groups excluding carboxylic acids is 1. The maximum atomic E-state index is 13.0. The number of hydrogen-bond acceptors (Lipinski definition) is 4. The molecule has 5 rings (SSSR count). The topological polar surface area (TPSA) is 59.9 Å². The molecule has 0 fully saturated rings. The third-order valence-electron chi connectivity index (χ3n) is 5.89. The monoisotopic (exact) mass is 460 g/mol. The van der Waals surface area contributed by atoms with Gasteiger partial charge in [-0.3, -0.25) is 4.79 Å². The van der Waals surface area contributed by atoms with E-state index >= 15 is 0 Å². The van der Waals surface area contributed by atoms with Crippen molar-refractivity contribution in [1.29, 1.82) is 0 Å². The average Bonchev–Trinajstić information content (AvgIpc) is 2.91. The summed E-state index contributed by atoms with van der Waals surface area (Å²) in [5, 5.41) is 8.30. The van der Waals surface area contributed by atoms with Crippen LogP contribution in [0.4, 0.5) is 0 Å². The van der Waals surface area contributed by atoms with E-state index in [4.69, 9.17) is 9.47 Å². The minimum absolute atomic E-state index is 0.343. The quantitative estimate of drug-likeness (QED) is 0.228. The molecule has 0 saturated heterocycles. The number of carbonyl (C=O) groups is 1. The molecule has 1 amide bonds. The van der Waals surface area contributed by atoms with Crippen molar-refractivity contribution in [2.45, 2.75) is 6.61 Å². The first-order valence-electron chi connectivity index (χ1n) is 11.3. The van der Waals surface area contributed by atoms with Crippen molar-refractivity contribution in [3.8, 4) is 11.5 Å². The molecule has 0 radical (unpaired) electrons. The van der Waals surface area contributed by atoms with Crippen molar-refractivity contribution < 1.29 is 14.3 Å². The fourth-order valence-corrected chi connectivity index (χ4v) is 4.16. The van der Waals surface area contributed by atoms with Gasteiger partial charge in [-0.05, 0) is 45.3 Å². The Kier molecular flexibility index (Phi) is 6.39. The minimum atomic E-state index is -0.343. The Morgan fingerprint density at radius 1 is 0.771 bits per heavy atom. The Balaban J connectivity index is 1.34. The number of nitrogens with zero attached hydrogens (tertiary/aromatic N) is 1. The van der Waals surface area contributed by atoms with Crippen LogP contribution in [0, 0.1) is 0 Å². The number of fused-ring (bicyclic) bond motifs is 2. The second-order valence-corrected chi connectivity index (χ2v) is 8.03. The van der Waals surface area contributed by atoms with Crippen LogP contribution in [-0.2, 0) is 6.61 Å². The van der Waals surface area contributed by atoms with E-state index in [0.717, 1.165) is 27.3 Å². The molecule has 5 aromatic rings. The number of hydrazone groups is 1. The van der Waals surface area contributed by atoms with Gasteiger partial charge in [0.25, 0.3) is 5.91 Å². The highest BCUT2D eigenvalue weighted by Gasteiger charge is 2.15. The van der Waals surface area contributed by atoms with Crippen molar-refractivity contribution in [2.75, 3.05) is 7.11 Å². The van der Waals surface area contributed by atoms with E-state index in [2.05, 4.69) is 34.8 Å². The molecule has 0 heterocycles. The molecule has 0 saturated carbocycles. The van der Waals surface area contributed by atoms with Crippen LogP contribution >= 0.6 is 0 Å². The third-order valence-corrected chi connectivity index (χ3v) is 5.89. The smallest absolute Gasteiger partial charge is 0.275 e. The number of benzene rings is 5. The van der Waals surface area contributed by atoms with Crippen LogP contribution in [0.2, 0.25) is 0 Å². The third kappa shape index (κ3) is 4.70. The molecule has 1 N–H and O–H groups in total. The zero-order valence-corrected chi connectivity index (χ0v) is 19.3. The number of hydrogen-bond donors (Lipinski definition) is 1.